The summed E-state index contributed by atoms with van der Waals surface area (Å²) in [6.07, 6.45) is 4.10. The third kappa shape index (κ3) is 5.53. The number of carboxylic acids is 1. The molecule has 0 saturated heterocycles. The van der Waals surface area contributed by atoms with Crippen LogP contribution in [0.3, 0.4) is 0 Å². The van der Waals surface area contributed by atoms with Crippen molar-refractivity contribution in [1.29, 1.82) is 0 Å². The molecule has 5 heteroatoms. The molecule has 0 radical (unpaired) electrons. The van der Waals surface area contributed by atoms with Crippen LogP contribution in [0.5, 0.6) is 0 Å². The van der Waals surface area contributed by atoms with Crippen molar-refractivity contribution in [3.05, 3.63) is 0 Å². The van der Waals surface area contributed by atoms with E-state index in [1.54, 1.807) is 13.8 Å². The van der Waals surface area contributed by atoms with Gasteiger partial charge in [-0.1, -0.05) is 40.5 Å². The number of carbonyl (C=O) groups is 1. The van der Waals surface area contributed by atoms with Crippen LogP contribution in [-0.2, 0) is 13.9 Å². The molecule has 0 heterocycles. The number of carboxylic acid groups (broad SMARTS) is 1. The van der Waals surface area contributed by atoms with E-state index in [9.17, 15) is 9.36 Å². The molecule has 0 rings (SSSR count). The van der Waals surface area contributed by atoms with Gasteiger partial charge in [0.05, 0.1) is 12.5 Å². The Kier molecular flexibility index (Phi) is 8.54. The SMILES string of the molecule is CCCCOP(=O)(CCCC)C(C)C(C)C(=O)O. The Morgan fingerprint density at radius 2 is 1.78 bits per heavy atom. The van der Waals surface area contributed by atoms with Crippen LogP contribution in [-0.4, -0.2) is 29.5 Å². The van der Waals surface area contributed by atoms with Crippen LogP contribution < -0.4 is 0 Å². The van der Waals surface area contributed by atoms with Crippen LogP contribution in [0.4, 0.5) is 0 Å². The molecule has 0 saturated carbocycles. The van der Waals surface area contributed by atoms with Crippen LogP contribution in [0, 0.1) is 5.92 Å². The molecule has 0 spiro atoms. The number of hydrogen-bond donors (Lipinski definition) is 1. The van der Waals surface area contributed by atoms with Crippen LogP contribution in [0.25, 0.3) is 0 Å². The molecule has 108 valence electrons. The second-order valence-corrected chi connectivity index (χ2v) is 7.83. The molecule has 1 N–H and O–H groups in total. The Labute approximate surface area is 111 Å². The smallest absolute Gasteiger partial charge is 0.307 e. The normalized spacial score (nSPS) is 18.0. The van der Waals surface area contributed by atoms with E-state index in [0.29, 0.717) is 12.8 Å². The number of rotatable bonds is 10. The van der Waals surface area contributed by atoms with Crippen molar-refractivity contribution in [3.63, 3.8) is 0 Å². The highest BCUT2D eigenvalue weighted by Crippen LogP contribution is 2.55. The molecule has 18 heavy (non-hydrogen) atoms. The van der Waals surface area contributed by atoms with Crippen molar-refractivity contribution in [1.82, 2.24) is 0 Å². The van der Waals surface area contributed by atoms with Gasteiger partial charge in [0.1, 0.15) is 0 Å². The lowest BCUT2D eigenvalue weighted by atomic mass is 10.1. The largest absolute Gasteiger partial charge is 0.481 e. The predicted molar refractivity (Wildman–Crippen MR) is 74.5 cm³/mol. The van der Waals surface area contributed by atoms with Crippen molar-refractivity contribution in [2.24, 2.45) is 5.92 Å². The van der Waals surface area contributed by atoms with Crippen molar-refractivity contribution in [3.8, 4) is 0 Å². The third-order valence-corrected chi connectivity index (χ3v) is 6.61. The van der Waals surface area contributed by atoms with Crippen molar-refractivity contribution in [2.45, 2.75) is 59.0 Å². The Hall–Kier alpha value is -0.340. The summed E-state index contributed by atoms with van der Waals surface area (Å²) in [5, 5.41) is 9.04. The summed E-state index contributed by atoms with van der Waals surface area (Å²) in [7, 11) is -2.85. The number of aliphatic carboxylic acids is 1. The Morgan fingerprint density at radius 3 is 2.22 bits per heavy atom. The van der Waals surface area contributed by atoms with E-state index in [0.717, 1.165) is 25.7 Å². The molecule has 0 bridgehead atoms. The first-order valence-electron chi connectivity index (χ1n) is 6.85. The first kappa shape index (κ1) is 17.7. The van der Waals surface area contributed by atoms with Gasteiger partial charge in [-0.2, -0.15) is 0 Å². The predicted octanol–water partition coefficient (Wildman–Crippen LogP) is 3.99. The van der Waals surface area contributed by atoms with E-state index in [-0.39, 0.29) is 0 Å². The van der Waals surface area contributed by atoms with Gasteiger partial charge in [-0.15, -0.1) is 0 Å². The fraction of sp³-hybridized carbons (Fsp3) is 0.923. The molecule has 0 aliphatic carbocycles. The zero-order valence-electron chi connectivity index (χ0n) is 12.0. The van der Waals surface area contributed by atoms with E-state index in [1.807, 2.05) is 13.8 Å². The summed E-state index contributed by atoms with van der Waals surface area (Å²) < 4.78 is 18.4. The Bertz CT molecular complexity index is 291. The minimum Gasteiger partial charge on any atom is -0.481 e. The average molecular weight is 278 g/mol. The van der Waals surface area contributed by atoms with Crippen LogP contribution in [0.15, 0.2) is 0 Å². The molecule has 0 aromatic carbocycles. The minimum absolute atomic E-state index is 0.418. The lowest BCUT2D eigenvalue weighted by Crippen LogP contribution is -2.25. The summed E-state index contributed by atoms with van der Waals surface area (Å²) in [4.78, 5) is 11.0. The molecule has 4 nitrogen and oxygen atoms in total. The van der Waals surface area contributed by atoms with Gasteiger partial charge in [0.25, 0.3) is 0 Å². The van der Waals surface area contributed by atoms with Gasteiger partial charge in [0, 0.05) is 11.8 Å². The van der Waals surface area contributed by atoms with E-state index in [1.165, 1.54) is 0 Å². The van der Waals surface area contributed by atoms with E-state index in [2.05, 4.69) is 0 Å². The number of unbranched alkanes of at least 4 members (excludes halogenated alkanes) is 2. The molecular formula is C13H27O4P. The maximum Gasteiger partial charge on any atom is 0.307 e. The molecule has 0 amide bonds. The molecule has 0 aromatic rings. The summed E-state index contributed by atoms with van der Waals surface area (Å²) in [6, 6.07) is 0. The molecule has 3 atom stereocenters. The van der Waals surface area contributed by atoms with Gasteiger partial charge in [-0.3, -0.25) is 9.36 Å². The van der Waals surface area contributed by atoms with Gasteiger partial charge >= 0.3 is 5.97 Å². The zero-order chi connectivity index (χ0) is 14.2. The molecular weight excluding hydrogens is 251 g/mol. The zero-order valence-corrected chi connectivity index (χ0v) is 12.9. The molecule has 0 aromatic heterocycles. The van der Waals surface area contributed by atoms with Crippen LogP contribution in [0.2, 0.25) is 0 Å². The molecule has 0 aliphatic rings. The van der Waals surface area contributed by atoms with E-state index >= 15 is 0 Å². The second kappa shape index (κ2) is 8.71. The highest BCUT2D eigenvalue weighted by molar-refractivity contribution is 7.59. The lowest BCUT2D eigenvalue weighted by molar-refractivity contribution is -0.141. The lowest BCUT2D eigenvalue weighted by Gasteiger charge is -2.27. The average Bonchev–Trinajstić information content (AvgIpc) is 2.34. The molecule has 0 fully saturated rings. The summed E-state index contributed by atoms with van der Waals surface area (Å²) >= 11 is 0. The maximum atomic E-state index is 12.8. The topological polar surface area (TPSA) is 63.6 Å². The molecule has 3 unspecified atom stereocenters. The Morgan fingerprint density at radius 1 is 1.22 bits per heavy atom. The van der Waals surface area contributed by atoms with Gasteiger partial charge in [-0.05, 0) is 12.8 Å². The highest BCUT2D eigenvalue weighted by Gasteiger charge is 2.36. The van der Waals surface area contributed by atoms with Gasteiger partial charge < -0.3 is 9.63 Å². The monoisotopic (exact) mass is 278 g/mol. The van der Waals surface area contributed by atoms with Gasteiger partial charge in [0.2, 0.25) is 7.37 Å². The number of hydrogen-bond acceptors (Lipinski definition) is 3. The summed E-state index contributed by atoms with van der Waals surface area (Å²) in [5.74, 6) is -1.53. The first-order valence-corrected chi connectivity index (χ1v) is 8.73. The van der Waals surface area contributed by atoms with Crippen molar-refractivity contribution >= 4 is 13.3 Å². The third-order valence-electron chi connectivity index (χ3n) is 3.36. The van der Waals surface area contributed by atoms with Gasteiger partial charge in [-0.25, -0.2) is 0 Å². The maximum absolute atomic E-state index is 12.8. The van der Waals surface area contributed by atoms with Crippen LogP contribution >= 0.6 is 7.37 Å². The van der Waals surface area contributed by atoms with Crippen molar-refractivity contribution in [2.75, 3.05) is 12.8 Å². The second-order valence-electron chi connectivity index (χ2n) is 4.86. The quantitative estimate of drug-likeness (QED) is 0.484. The fourth-order valence-corrected chi connectivity index (χ4v) is 4.45. The Balaban J connectivity index is 4.72. The minimum atomic E-state index is -2.85. The summed E-state index contributed by atoms with van der Waals surface area (Å²) in [5.41, 5.74) is -0.418. The molecule has 0 aliphatic heterocycles. The highest BCUT2D eigenvalue weighted by atomic mass is 31.2. The standard InChI is InChI=1S/C13H27O4P/c1-5-7-9-17-18(16,10-8-6-2)12(4)11(3)13(14)15/h11-12H,5-10H2,1-4H3,(H,14,15). The van der Waals surface area contributed by atoms with E-state index < -0.39 is 24.9 Å². The van der Waals surface area contributed by atoms with Gasteiger partial charge in [0.15, 0.2) is 0 Å². The van der Waals surface area contributed by atoms with Crippen molar-refractivity contribution < 1.29 is 19.0 Å². The first-order chi connectivity index (χ1) is 8.39. The fourth-order valence-electron chi connectivity index (χ4n) is 1.67. The van der Waals surface area contributed by atoms with Crippen LogP contribution in [0.1, 0.15) is 53.4 Å². The van der Waals surface area contributed by atoms with E-state index in [4.69, 9.17) is 9.63 Å². The summed E-state index contributed by atoms with van der Waals surface area (Å²) in [6.45, 7) is 7.88.